The molecule has 9 heteroatoms. The van der Waals surface area contributed by atoms with Crippen LogP contribution in [0.3, 0.4) is 0 Å². The third-order valence-electron chi connectivity index (χ3n) is 6.87. The Hall–Kier alpha value is -3.07. The van der Waals surface area contributed by atoms with Crippen LogP contribution in [0.1, 0.15) is 55.6 Å². The summed E-state index contributed by atoms with van der Waals surface area (Å²) < 4.78 is 1.81. The van der Waals surface area contributed by atoms with Gasteiger partial charge in [0.1, 0.15) is 11.5 Å². The molecule has 0 unspecified atom stereocenters. The Morgan fingerprint density at radius 3 is 2.41 bits per heavy atom. The van der Waals surface area contributed by atoms with Gasteiger partial charge in [-0.15, -0.1) is 0 Å². The smallest absolute Gasteiger partial charge is 0.289 e. The van der Waals surface area contributed by atoms with E-state index in [1.807, 2.05) is 11.7 Å². The van der Waals surface area contributed by atoms with Crippen LogP contribution in [-0.4, -0.2) is 74.8 Å². The number of pyridine rings is 1. The average molecular weight is 463 g/mol. The number of aromatic nitrogens is 5. The van der Waals surface area contributed by atoms with Gasteiger partial charge in [-0.3, -0.25) is 4.79 Å². The molecule has 1 N–H and O–H groups in total. The van der Waals surface area contributed by atoms with E-state index in [0.717, 1.165) is 54.2 Å². The van der Waals surface area contributed by atoms with E-state index >= 15 is 0 Å². The third kappa shape index (κ3) is 5.04. The lowest BCUT2D eigenvalue weighted by Crippen LogP contribution is -2.29. The van der Waals surface area contributed by atoms with Gasteiger partial charge in [-0.05, 0) is 63.9 Å². The lowest BCUT2D eigenvalue weighted by molar-refractivity contribution is 0.0941. The van der Waals surface area contributed by atoms with Gasteiger partial charge in [0.15, 0.2) is 5.65 Å². The quantitative estimate of drug-likeness (QED) is 0.540. The number of carbonyl (C=O) groups excluding carboxylic acids is 1. The number of fused-ring (bicyclic) bond motifs is 1. The first-order valence-corrected chi connectivity index (χ1v) is 12.6. The topological polar surface area (TPSA) is 92.1 Å². The Morgan fingerprint density at radius 2 is 1.68 bits per heavy atom. The van der Waals surface area contributed by atoms with E-state index in [2.05, 4.69) is 42.3 Å². The van der Waals surface area contributed by atoms with Gasteiger partial charge in [-0.1, -0.05) is 12.8 Å². The fraction of sp³-hybridized carbons (Fsp3) is 0.560. The summed E-state index contributed by atoms with van der Waals surface area (Å²) in [5, 5.41) is 8.58. The summed E-state index contributed by atoms with van der Waals surface area (Å²) in [6, 6.07) is 4.18. The van der Waals surface area contributed by atoms with Crippen LogP contribution in [0.15, 0.2) is 24.5 Å². The summed E-state index contributed by atoms with van der Waals surface area (Å²) >= 11 is 0. The molecule has 3 aromatic heterocycles. The van der Waals surface area contributed by atoms with Crippen molar-refractivity contribution in [1.29, 1.82) is 0 Å². The lowest BCUT2D eigenvalue weighted by atomic mass is 10.1. The van der Waals surface area contributed by atoms with E-state index in [1.54, 1.807) is 12.4 Å². The van der Waals surface area contributed by atoms with Crippen molar-refractivity contribution < 1.29 is 4.79 Å². The molecule has 0 spiro atoms. The van der Waals surface area contributed by atoms with Crippen molar-refractivity contribution in [3.8, 4) is 11.3 Å². The van der Waals surface area contributed by atoms with Gasteiger partial charge >= 0.3 is 0 Å². The number of hydrogen-bond acceptors (Lipinski definition) is 7. The molecule has 2 fully saturated rings. The van der Waals surface area contributed by atoms with E-state index in [9.17, 15) is 4.79 Å². The van der Waals surface area contributed by atoms with Crippen LogP contribution >= 0.6 is 0 Å². The predicted molar refractivity (Wildman–Crippen MR) is 133 cm³/mol. The molecule has 0 aromatic carbocycles. The van der Waals surface area contributed by atoms with Crippen molar-refractivity contribution in [2.75, 3.05) is 44.2 Å². The number of rotatable bonds is 7. The molecule has 2 aliphatic rings. The van der Waals surface area contributed by atoms with Crippen molar-refractivity contribution in [2.24, 2.45) is 7.05 Å². The van der Waals surface area contributed by atoms with Gasteiger partial charge < -0.3 is 15.1 Å². The van der Waals surface area contributed by atoms with Gasteiger partial charge in [-0.2, -0.15) is 5.10 Å². The first-order valence-electron chi connectivity index (χ1n) is 12.6. The van der Waals surface area contributed by atoms with Gasteiger partial charge in [0.25, 0.3) is 5.91 Å². The summed E-state index contributed by atoms with van der Waals surface area (Å²) in [5.41, 5.74) is 2.40. The zero-order valence-electron chi connectivity index (χ0n) is 20.0. The van der Waals surface area contributed by atoms with Crippen LogP contribution < -0.4 is 10.2 Å². The number of amides is 1. The van der Waals surface area contributed by atoms with E-state index in [0.29, 0.717) is 6.54 Å². The molecule has 34 heavy (non-hydrogen) atoms. The first-order chi connectivity index (χ1) is 16.7. The van der Waals surface area contributed by atoms with Crippen molar-refractivity contribution in [2.45, 2.75) is 44.9 Å². The Bertz CT molecular complexity index is 1110. The molecule has 5 rings (SSSR count). The number of likely N-dealkylation sites (tertiary alicyclic amines) is 1. The van der Waals surface area contributed by atoms with Crippen LogP contribution in [0.25, 0.3) is 22.3 Å². The van der Waals surface area contributed by atoms with Gasteiger partial charge in [0.2, 0.25) is 5.82 Å². The monoisotopic (exact) mass is 462 g/mol. The van der Waals surface area contributed by atoms with Crippen LogP contribution in [0, 0.1) is 0 Å². The van der Waals surface area contributed by atoms with Crippen LogP contribution in [0.4, 0.5) is 5.82 Å². The Kier molecular flexibility index (Phi) is 6.99. The second-order valence-corrected chi connectivity index (χ2v) is 9.37. The van der Waals surface area contributed by atoms with Crippen LogP contribution in [0.5, 0.6) is 0 Å². The number of anilines is 1. The van der Waals surface area contributed by atoms with Crippen molar-refractivity contribution in [3.63, 3.8) is 0 Å². The maximum Gasteiger partial charge on any atom is 0.289 e. The van der Waals surface area contributed by atoms with E-state index < -0.39 is 0 Å². The summed E-state index contributed by atoms with van der Waals surface area (Å²) in [6.07, 6.45) is 11.9. The molecule has 3 aromatic rings. The van der Waals surface area contributed by atoms with Crippen molar-refractivity contribution in [3.05, 3.63) is 30.4 Å². The van der Waals surface area contributed by atoms with Crippen molar-refractivity contribution >= 4 is 22.8 Å². The molecule has 1 amide bonds. The van der Waals surface area contributed by atoms with E-state index in [1.165, 1.54) is 51.6 Å². The van der Waals surface area contributed by atoms with Crippen LogP contribution in [-0.2, 0) is 7.05 Å². The molecule has 0 bridgehead atoms. The first kappa shape index (κ1) is 22.7. The molecule has 0 atom stereocenters. The maximum absolute atomic E-state index is 12.4. The number of nitrogens with zero attached hydrogens (tertiary/aromatic N) is 7. The second-order valence-electron chi connectivity index (χ2n) is 9.37. The minimum atomic E-state index is -0.234. The molecule has 2 aliphatic heterocycles. The second kappa shape index (κ2) is 10.5. The van der Waals surface area contributed by atoms with Crippen LogP contribution in [0.2, 0.25) is 0 Å². The molecule has 9 nitrogen and oxygen atoms in total. The largest absolute Gasteiger partial charge is 0.357 e. The summed E-state index contributed by atoms with van der Waals surface area (Å²) in [4.78, 5) is 30.8. The summed E-state index contributed by atoms with van der Waals surface area (Å²) in [6.45, 7) is 6.12. The molecule has 5 heterocycles. The standard InChI is InChI=1S/C25H34N8O/c1-31-24-20(9-10-21(29-24)33-15-4-2-3-5-16-33)22(30-31)19-17-27-23(28-18-19)25(34)26-11-8-14-32-12-6-7-13-32/h9-10,17-18H,2-8,11-16H2,1H3,(H,26,34). The normalized spacial score (nSPS) is 17.3. The van der Waals surface area contributed by atoms with E-state index in [-0.39, 0.29) is 11.7 Å². The number of hydrogen-bond donors (Lipinski definition) is 1. The molecular formula is C25H34N8O. The highest BCUT2D eigenvalue weighted by molar-refractivity contribution is 5.93. The summed E-state index contributed by atoms with van der Waals surface area (Å²) in [5.74, 6) is 0.964. The highest BCUT2D eigenvalue weighted by Gasteiger charge is 2.18. The predicted octanol–water partition coefficient (Wildman–Crippen LogP) is 3.02. The van der Waals surface area contributed by atoms with Crippen molar-refractivity contribution in [1.82, 2.24) is 34.9 Å². The molecule has 2 saturated heterocycles. The summed E-state index contributed by atoms with van der Waals surface area (Å²) in [7, 11) is 1.91. The zero-order chi connectivity index (χ0) is 23.3. The Labute approximate surface area is 200 Å². The lowest BCUT2D eigenvalue weighted by Gasteiger charge is -2.21. The average Bonchev–Trinajstić information content (AvgIpc) is 3.40. The minimum absolute atomic E-state index is 0.187. The zero-order valence-corrected chi connectivity index (χ0v) is 20.0. The van der Waals surface area contributed by atoms with E-state index in [4.69, 9.17) is 4.98 Å². The minimum Gasteiger partial charge on any atom is -0.357 e. The Morgan fingerprint density at radius 1 is 0.971 bits per heavy atom. The highest BCUT2D eigenvalue weighted by atomic mass is 16.2. The number of aryl methyl sites for hydroxylation is 1. The molecule has 0 aliphatic carbocycles. The maximum atomic E-state index is 12.4. The molecular weight excluding hydrogens is 428 g/mol. The third-order valence-corrected chi connectivity index (χ3v) is 6.87. The van der Waals surface area contributed by atoms with Gasteiger partial charge in [0.05, 0.1) is 0 Å². The molecule has 180 valence electrons. The number of carbonyl (C=O) groups is 1. The van der Waals surface area contributed by atoms with Gasteiger partial charge in [0, 0.05) is 50.0 Å². The fourth-order valence-electron chi connectivity index (χ4n) is 4.97. The van der Waals surface area contributed by atoms with Gasteiger partial charge in [-0.25, -0.2) is 19.6 Å². The molecule has 0 saturated carbocycles. The molecule has 0 radical (unpaired) electrons. The fourth-order valence-corrected chi connectivity index (χ4v) is 4.97. The SMILES string of the molecule is Cn1nc(-c2cnc(C(=O)NCCCN3CCCC3)nc2)c2ccc(N3CCCCCC3)nc21. The Balaban J connectivity index is 1.25. The highest BCUT2D eigenvalue weighted by Crippen LogP contribution is 2.28. The number of nitrogens with one attached hydrogen (secondary N) is 1.